The lowest BCUT2D eigenvalue weighted by Crippen LogP contribution is -2.87. The summed E-state index contributed by atoms with van der Waals surface area (Å²) in [5.41, 5.74) is -0.0602. The van der Waals surface area contributed by atoms with Gasteiger partial charge in [-0.15, -0.1) is 0 Å². The van der Waals surface area contributed by atoms with Crippen molar-refractivity contribution in [2.75, 3.05) is 52.4 Å². The topological polar surface area (TPSA) is 226 Å². The first kappa shape index (κ1) is 33.2. The van der Waals surface area contributed by atoms with Crippen molar-refractivity contribution in [3.05, 3.63) is 60.2 Å². The van der Waals surface area contributed by atoms with Gasteiger partial charge in [0.25, 0.3) is 0 Å². The molecule has 0 atom stereocenters. The number of quaternary nitrogens is 2. The van der Waals surface area contributed by atoms with E-state index in [0.717, 1.165) is 13.1 Å². The number of hydrogen-bond acceptors (Lipinski definition) is 8. The second kappa shape index (κ2) is 23.2. The first-order valence-electron chi connectivity index (χ1n) is 10.9. The van der Waals surface area contributed by atoms with Crippen molar-refractivity contribution in [1.29, 1.82) is 0 Å². The number of pyridine rings is 2. The molecule has 0 unspecified atom stereocenters. The Morgan fingerprint density at radius 1 is 0.676 bits per heavy atom. The van der Waals surface area contributed by atoms with E-state index in [1.807, 2.05) is 0 Å². The molecule has 0 aliphatic carbocycles. The second-order valence-corrected chi connectivity index (χ2v) is 6.94. The lowest BCUT2D eigenvalue weighted by Gasteiger charge is -2.07. The number of carbonyl (C=O) groups excluding carboxylic acids is 2. The number of aromatic nitrogens is 2. The van der Waals surface area contributed by atoms with Crippen molar-refractivity contribution in [3.8, 4) is 0 Å². The molecule has 12 heteroatoms. The van der Waals surface area contributed by atoms with E-state index in [4.69, 9.17) is 0 Å². The van der Waals surface area contributed by atoms with Crippen LogP contribution in [0.1, 0.15) is 33.8 Å². The van der Waals surface area contributed by atoms with E-state index in [1.54, 1.807) is 24.3 Å². The molecular formula is C22H38N6O6. The fourth-order valence-electron chi connectivity index (χ4n) is 2.66. The average Bonchev–Trinajstić information content (AvgIpc) is 2.82. The highest BCUT2D eigenvalue weighted by molar-refractivity contribution is 5.83. The molecule has 3 heterocycles. The molecule has 2 aromatic rings. The monoisotopic (exact) mass is 482 g/mol. The molecule has 34 heavy (non-hydrogen) atoms. The molecule has 0 aromatic carbocycles. The molecule has 1 aliphatic heterocycles. The van der Waals surface area contributed by atoms with Gasteiger partial charge in [0, 0.05) is 51.4 Å². The van der Waals surface area contributed by atoms with Gasteiger partial charge >= 0.3 is 0 Å². The number of nitrogens with two attached hydrogens (primary N) is 2. The molecule has 1 fully saturated rings. The minimum Gasteiger partial charge on any atom is -0.543 e. The Morgan fingerprint density at radius 3 is 1.38 bits per heavy atom. The summed E-state index contributed by atoms with van der Waals surface area (Å²) in [7, 11) is 0. The van der Waals surface area contributed by atoms with Gasteiger partial charge in [0.05, 0.1) is 49.5 Å². The molecule has 0 amide bonds. The number of nitrogens with zero attached hydrogens (tertiary/aromatic N) is 2. The van der Waals surface area contributed by atoms with Gasteiger partial charge in [-0.1, -0.05) is 12.1 Å². The normalized spacial score (nSPS) is 14.6. The Labute approximate surface area is 199 Å². The first-order valence-corrected chi connectivity index (χ1v) is 10.9. The van der Waals surface area contributed by atoms with Crippen LogP contribution in [0.4, 0.5) is 0 Å². The molecule has 0 spiro atoms. The number of carbonyl (C=O) groups is 2. The van der Waals surface area contributed by atoms with Crippen LogP contribution in [-0.2, 0) is 0 Å². The summed E-state index contributed by atoms with van der Waals surface area (Å²) in [6.07, 6.45) is 5.40. The number of nitrogens with one attached hydrogen (secondary N) is 2. The van der Waals surface area contributed by atoms with Crippen molar-refractivity contribution < 1.29 is 41.4 Å². The number of carboxylic acids is 2. The van der Waals surface area contributed by atoms with E-state index in [1.165, 1.54) is 76.6 Å². The standard InChI is InChI=1S/C10H24N4.2C6H5NO2.2H2O/c1-3-11-7-9-13-5-2-6-14-10-8-12-4-1;2*8-6(9)5-3-1-2-4-7-5;;/h11-14H,1-10H2;2*1-4H,(H,8,9);2*1H2. The fraction of sp³-hybridized carbons (Fsp3) is 0.455. The van der Waals surface area contributed by atoms with Gasteiger partial charge in [0.15, 0.2) is 0 Å². The smallest absolute Gasteiger partial charge is 0.0899 e. The summed E-state index contributed by atoms with van der Waals surface area (Å²) in [6.45, 7) is 9.65. The summed E-state index contributed by atoms with van der Waals surface area (Å²) in [5, 5.41) is 31.8. The highest BCUT2D eigenvalue weighted by Crippen LogP contribution is 1.89. The maximum atomic E-state index is 10.0. The Bertz CT molecular complexity index is 636. The van der Waals surface area contributed by atoms with E-state index >= 15 is 0 Å². The molecule has 0 bridgehead atoms. The highest BCUT2D eigenvalue weighted by atomic mass is 16.4. The summed E-state index contributed by atoms with van der Waals surface area (Å²) >= 11 is 0. The van der Waals surface area contributed by atoms with Crippen LogP contribution in [0, 0.1) is 0 Å². The second-order valence-electron chi connectivity index (χ2n) is 6.94. The van der Waals surface area contributed by atoms with Crippen molar-refractivity contribution in [3.63, 3.8) is 0 Å². The predicted molar refractivity (Wildman–Crippen MR) is 123 cm³/mol. The predicted octanol–water partition coefficient (Wildman–Crippen LogP) is -5.67. The van der Waals surface area contributed by atoms with Gasteiger partial charge in [-0.25, -0.2) is 0 Å². The van der Waals surface area contributed by atoms with Crippen LogP contribution in [0.2, 0.25) is 0 Å². The van der Waals surface area contributed by atoms with E-state index in [-0.39, 0.29) is 22.3 Å². The third-order valence-electron chi connectivity index (χ3n) is 4.32. The van der Waals surface area contributed by atoms with Crippen molar-refractivity contribution in [2.24, 2.45) is 0 Å². The molecule has 0 saturated carbocycles. The van der Waals surface area contributed by atoms with Gasteiger partial charge in [-0.2, -0.15) is 0 Å². The van der Waals surface area contributed by atoms with Crippen molar-refractivity contribution in [1.82, 2.24) is 20.6 Å². The zero-order valence-corrected chi connectivity index (χ0v) is 19.4. The average molecular weight is 483 g/mol. The van der Waals surface area contributed by atoms with Crippen LogP contribution < -0.4 is 31.5 Å². The Balaban J connectivity index is 0. The Morgan fingerprint density at radius 2 is 1.09 bits per heavy atom. The van der Waals surface area contributed by atoms with Crippen LogP contribution in [0.3, 0.4) is 0 Å². The zero-order valence-electron chi connectivity index (χ0n) is 19.4. The molecule has 3 rings (SSSR count). The van der Waals surface area contributed by atoms with Crippen LogP contribution in [0.15, 0.2) is 48.8 Å². The van der Waals surface area contributed by atoms with Gasteiger partial charge in [0.2, 0.25) is 0 Å². The lowest BCUT2D eigenvalue weighted by atomic mass is 10.3. The van der Waals surface area contributed by atoms with E-state index in [2.05, 4.69) is 31.2 Å². The SMILES string of the molecule is C1CNCC[NH2+]CCCNCC[NH2+]C1.O.O.O=C([O-])c1ccccn1.O=C([O-])c1ccccn1. The summed E-state index contributed by atoms with van der Waals surface area (Å²) in [6, 6.07) is 9.25. The number of carboxylic acid groups (broad SMARTS) is 2. The lowest BCUT2D eigenvalue weighted by molar-refractivity contribution is -0.655. The van der Waals surface area contributed by atoms with Gasteiger partial charge in [-0.3, -0.25) is 9.97 Å². The minimum absolute atomic E-state index is 0. The largest absolute Gasteiger partial charge is 0.543 e. The summed E-state index contributed by atoms with van der Waals surface area (Å²) in [5.74, 6) is -2.48. The van der Waals surface area contributed by atoms with Crippen LogP contribution in [0.25, 0.3) is 0 Å². The fourth-order valence-corrected chi connectivity index (χ4v) is 2.66. The molecule has 12 nitrogen and oxygen atoms in total. The minimum atomic E-state index is -1.24. The third kappa shape index (κ3) is 18.6. The molecule has 192 valence electrons. The number of rotatable bonds is 2. The molecule has 1 saturated heterocycles. The summed E-state index contributed by atoms with van der Waals surface area (Å²) in [4.78, 5) is 27.1. The maximum absolute atomic E-state index is 10.0. The van der Waals surface area contributed by atoms with Gasteiger partial charge < -0.3 is 52.0 Å². The summed E-state index contributed by atoms with van der Waals surface area (Å²) < 4.78 is 0. The Kier molecular flexibility index (Phi) is 22.6. The zero-order chi connectivity index (χ0) is 23.3. The number of aromatic carboxylic acids is 2. The molecule has 0 radical (unpaired) electrons. The Hall–Kier alpha value is -3.00. The van der Waals surface area contributed by atoms with Crippen LogP contribution in [0.5, 0.6) is 0 Å². The molecular weight excluding hydrogens is 444 g/mol. The molecule has 2 aromatic heterocycles. The quantitative estimate of drug-likeness (QED) is 0.322. The van der Waals surface area contributed by atoms with Gasteiger partial charge in [0.1, 0.15) is 0 Å². The van der Waals surface area contributed by atoms with Crippen molar-refractivity contribution in [2.45, 2.75) is 12.8 Å². The third-order valence-corrected chi connectivity index (χ3v) is 4.32. The van der Waals surface area contributed by atoms with Crippen LogP contribution in [-0.4, -0.2) is 85.2 Å². The van der Waals surface area contributed by atoms with Crippen LogP contribution >= 0.6 is 0 Å². The van der Waals surface area contributed by atoms with E-state index in [0.29, 0.717) is 0 Å². The number of hydrogen-bond donors (Lipinski definition) is 4. The van der Waals surface area contributed by atoms with Crippen molar-refractivity contribution >= 4 is 11.9 Å². The molecule has 10 N–H and O–H groups in total. The highest BCUT2D eigenvalue weighted by Gasteiger charge is 1.96. The first-order chi connectivity index (χ1) is 15.6. The van der Waals surface area contributed by atoms with Gasteiger partial charge in [-0.05, 0) is 24.3 Å². The maximum Gasteiger partial charge on any atom is 0.0899 e. The van der Waals surface area contributed by atoms with E-state index < -0.39 is 11.9 Å². The molecule has 1 aliphatic rings. The van der Waals surface area contributed by atoms with E-state index in [9.17, 15) is 19.8 Å².